The molecule has 0 amide bonds. The van der Waals surface area contributed by atoms with Gasteiger partial charge in [0.1, 0.15) is 11.0 Å². The average molecular weight is 561 g/mol. The number of benzene rings is 1. The molecule has 0 bridgehead atoms. The summed E-state index contributed by atoms with van der Waals surface area (Å²) in [5.74, 6) is 1.67. The quantitative estimate of drug-likeness (QED) is 0.240. The van der Waals surface area contributed by atoms with Crippen molar-refractivity contribution >= 4 is 53.1 Å². The molecule has 3 aromatic rings. The van der Waals surface area contributed by atoms with Crippen LogP contribution in [0.25, 0.3) is 0 Å². The number of nitrogens with one attached hydrogen (secondary N) is 2. The molecule has 0 atom stereocenters. The Morgan fingerprint density at radius 2 is 1.87 bits per heavy atom. The first-order chi connectivity index (χ1) is 14.1. The van der Waals surface area contributed by atoms with Gasteiger partial charge in [-0.3, -0.25) is 4.99 Å². The van der Waals surface area contributed by atoms with Gasteiger partial charge in [-0.05, 0) is 24.5 Å². The summed E-state index contributed by atoms with van der Waals surface area (Å²) in [6.07, 6.45) is 5.97. The normalized spacial score (nSPS) is 11.3. The molecule has 0 saturated heterocycles. The Morgan fingerprint density at radius 3 is 2.53 bits per heavy atom. The summed E-state index contributed by atoms with van der Waals surface area (Å²) in [4.78, 5) is 8.75. The van der Waals surface area contributed by atoms with Crippen molar-refractivity contribution in [2.75, 3.05) is 7.05 Å². The van der Waals surface area contributed by atoms with Crippen molar-refractivity contribution in [3.05, 3.63) is 76.0 Å². The zero-order valence-electron chi connectivity index (χ0n) is 17.1. The first-order valence-corrected chi connectivity index (χ1v) is 10.3. The SMILES string of the molecule is CN=C(NCc1nccn1CCCc1ccccc1)NCc1cc(Cl)c(Cl)n1C.I. The second kappa shape index (κ2) is 12.2. The van der Waals surface area contributed by atoms with Gasteiger partial charge in [-0.1, -0.05) is 53.5 Å². The van der Waals surface area contributed by atoms with Gasteiger partial charge in [-0.15, -0.1) is 24.0 Å². The third kappa shape index (κ3) is 6.65. The van der Waals surface area contributed by atoms with Gasteiger partial charge in [0.2, 0.25) is 0 Å². The van der Waals surface area contributed by atoms with E-state index >= 15 is 0 Å². The van der Waals surface area contributed by atoms with Gasteiger partial charge >= 0.3 is 0 Å². The number of hydrogen-bond acceptors (Lipinski definition) is 2. The summed E-state index contributed by atoms with van der Waals surface area (Å²) in [6, 6.07) is 12.4. The van der Waals surface area contributed by atoms with E-state index in [9.17, 15) is 0 Å². The Hall–Kier alpha value is -1.71. The number of guanidine groups is 1. The third-order valence-corrected chi connectivity index (χ3v) is 5.64. The fraction of sp³-hybridized carbons (Fsp3) is 0.333. The van der Waals surface area contributed by atoms with E-state index in [1.165, 1.54) is 5.56 Å². The van der Waals surface area contributed by atoms with Crippen molar-refractivity contribution in [2.45, 2.75) is 32.5 Å². The van der Waals surface area contributed by atoms with Crippen LogP contribution in [0.5, 0.6) is 0 Å². The van der Waals surface area contributed by atoms with Gasteiger partial charge in [0, 0.05) is 38.7 Å². The van der Waals surface area contributed by atoms with Crippen molar-refractivity contribution in [1.82, 2.24) is 24.8 Å². The van der Waals surface area contributed by atoms with Crippen molar-refractivity contribution in [2.24, 2.45) is 12.0 Å². The van der Waals surface area contributed by atoms with Crippen LogP contribution in [0.15, 0.2) is 53.8 Å². The molecule has 0 radical (unpaired) electrons. The number of rotatable bonds is 8. The van der Waals surface area contributed by atoms with E-state index < -0.39 is 0 Å². The molecule has 3 rings (SSSR count). The van der Waals surface area contributed by atoms with Crippen LogP contribution < -0.4 is 10.6 Å². The number of hydrogen-bond donors (Lipinski definition) is 2. The minimum absolute atomic E-state index is 0. The average Bonchev–Trinajstić information content (AvgIpc) is 3.28. The van der Waals surface area contributed by atoms with E-state index in [1.54, 1.807) is 7.05 Å². The standard InChI is InChI=1S/C21H26Cl2N6.HI/c1-24-21(26-14-17-13-18(22)20(23)28(17)2)27-15-19-25-10-12-29(19)11-6-9-16-7-4-3-5-8-16;/h3-5,7-8,10,12-13H,6,9,11,14-15H2,1-2H3,(H2,24,26,27);1H. The van der Waals surface area contributed by atoms with Crippen LogP contribution >= 0.6 is 47.2 Å². The zero-order valence-corrected chi connectivity index (χ0v) is 20.9. The maximum atomic E-state index is 6.12. The predicted molar refractivity (Wildman–Crippen MR) is 135 cm³/mol. The maximum Gasteiger partial charge on any atom is 0.191 e. The Bertz CT molecular complexity index is 952. The monoisotopic (exact) mass is 560 g/mol. The van der Waals surface area contributed by atoms with Crippen molar-refractivity contribution in [3.8, 4) is 0 Å². The highest BCUT2D eigenvalue weighted by Crippen LogP contribution is 2.24. The second-order valence-corrected chi connectivity index (χ2v) is 7.50. The van der Waals surface area contributed by atoms with E-state index in [2.05, 4.69) is 49.4 Å². The van der Waals surface area contributed by atoms with E-state index in [-0.39, 0.29) is 24.0 Å². The summed E-state index contributed by atoms with van der Waals surface area (Å²) in [6.45, 7) is 2.08. The molecule has 1 aromatic carbocycles. The van der Waals surface area contributed by atoms with Crippen LogP contribution in [0.3, 0.4) is 0 Å². The fourth-order valence-corrected chi connectivity index (χ4v) is 3.54. The van der Waals surface area contributed by atoms with E-state index in [0.29, 0.717) is 29.2 Å². The van der Waals surface area contributed by atoms with Crippen LogP contribution in [0, 0.1) is 0 Å². The molecule has 6 nitrogen and oxygen atoms in total. The van der Waals surface area contributed by atoms with Crippen LogP contribution in [0.4, 0.5) is 0 Å². The molecule has 0 aliphatic carbocycles. The molecular weight excluding hydrogens is 534 g/mol. The molecule has 0 aliphatic rings. The zero-order chi connectivity index (χ0) is 20.6. The van der Waals surface area contributed by atoms with Crippen molar-refractivity contribution in [3.63, 3.8) is 0 Å². The van der Waals surface area contributed by atoms with Crippen LogP contribution in [-0.2, 0) is 33.1 Å². The lowest BCUT2D eigenvalue weighted by Crippen LogP contribution is -2.37. The maximum absolute atomic E-state index is 6.12. The minimum atomic E-state index is 0. The van der Waals surface area contributed by atoms with Gasteiger partial charge in [0.25, 0.3) is 0 Å². The molecule has 2 aromatic heterocycles. The minimum Gasteiger partial charge on any atom is -0.351 e. The number of aryl methyl sites for hydroxylation is 2. The molecule has 0 aliphatic heterocycles. The fourth-order valence-electron chi connectivity index (χ4n) is 3.13. The number of imidazole rings is 1. The lowest BCUT2D eigenvalue weighted by Gasteiger charge is -2.13. The van der Waals surface area contributed by atoms with Gasteiger partial charge in [-0.2, -0.15) is 0 Å². The summed E-state index contributed by atoms with van der Waals surface area (Å²) in [7, 11) is 3.63. The van der Waals surface area contributed by atoms with E-state index in [1.807, 2.05) is 36.1 Å². The summed E-state index contributed by atoms with van der Waals surface area (Å²) >= 11 is 12.2. The largest absolute Gasteiger partial charge is 0.351 e. The number of nitrogens with zero attached hydrogens (tertiary/aromatic N) is 4. The molecule has 0 saturated carbocycles. The van der Waals surface area contributed by atoms with E-state index in [4.69, 9.17) is 23.2 Å². The molecule has 0 fully saturated rings. The topological polar surface area (TPSA) is 59.2 Å². The molecule has 162 valence electrons. The van der Waals surface area contributed by atoms with Gasteiger partial charge in [0.15, 0.2) is 5.96 Å². The Labute approximate surface area is 204 Å². The number of halogens is 3. The van der Waals surface area contributed by atoms with Crippen LogP contribution in [0.2, 0.25) is 10.2 Å². The summed E-state index contributed by atoms with van der Waals surface area (Å²) < 4.78 is 4.03. The van der Waals surface area contributed by atoms with Crippen LogP contribution in [-0.4, -0.2) is 27.1 Å². The summed E-state index contributed by atoms with van der Waals surface area (Å²) in [5, 5.41) is 7.67. The molecule has 0 spiro atoms. The second-order valence-electron chi connectivity index (χ2n) is 6.74. The third-order valence-electron chi connectivity index (χ3n) is 4.80. The molecule has 2 heterocycles. The Balaban J connectivity index is 0.00000320. The highest BCUT2D eigenvalue weighted by Gasteiger charge is 2.10. The number of aromatic nitrogens is 3. The molecule has 0 unspecified atom stereocenters. The van der Waals surface area contributed by atoms with Gasteiger partial charge in [0.05, 0.1) is 18.1 Å². The van der Waals surface area contributed by atoms with Crippen molar-refractivity contribution < 1.29 is 0 Å². The lowest BCUT2D eigenvalue weighted by molar-refractivity contribution is 0.600. The first-order valence-electron chi connectivity index (χ1n) is 9.56. The van der Waals surface area contributed by atoms with Crippen molar-refractivity contribution in [1.29, 1.82) is 0 Å². The first kappa shape index (κ1) is 24.6. The molecule has 9 heteroatoms. The van der Waals surface area contributed by atoms with E-state index in [0.717, 1.165) is 30.9 Å². The molecular formula is C21H27Cl2IN6. The Kier molecular flexibility index (Phi) is 10.0. The number of aliphatic imine (C=N–C) groups is 1. The lowest BCUT2D eigenvalue weighted by atomic mass is 10.1. The van der Waals surface area contributed by atoms with Gasteiger partial charge in [-0.25, -0.2) is 4.98 Å². The highest BCUT2D eigenvalue weighted by atomic mass is 127. The van der Waals surface area contributed by atoms with Crippen LogP contribution in [0.1, 0.15) is 23.5 Å². The van der Waals surface area contributed by atoms with Gasteiger partial charge < -0.3 is 19.8 Å². The molecule has 2 N–H and O–H groups in total. The summed E-state index contributed by atoms with van der Waals surface area (Å²) in [5.41, 5.74) is 2.34. The predicted octanol–water partition coefficient (Wildman–Crippen LogP) is 4.64. The Morgan fingerprint density at radius 1 is 1.13 bits per heavy atom. The smallest absolute Gasteiger partial charge is 0.191 e. The highest BCUT2D eigenvalue weighted by molar-refractivity contribution is 14.0. The molecule has 30 heavy (non-hydrogen) atoms.